The van der Waals surface area contributed by atoms with Crippen molar-refractivity contribution in [3.8, 4) is 0 Å². The Labute approximate surface area is 156 Å². The molecule has 0 bridgehead atoms. The molecular formula is C18H39ClIN. The molecule has 1 nitrogen and oxygen atoms in total. The summed E-state index contributed by atoms with van der Waals surface area (Å²) < 4.78 is 1.35. The predicted octanol–water partition coefficient (Wildman–Crippen LogP) is 3.01. The quantitative estimate of drug-likeness (QED) is 0.162. The highest BCUT2D eigenvalue weighted by Gasteiger charge is 2.25. The molecule has 0 unspecified atom stereocenters. The van der Waals surface area contributed by atoms with Crippen LogP contribution in [0.15, 0.2) is 0 Å². The molecule has 3 heteroatoms. The molecule has 0 amide bonds. The van der Waals surface area contributed by atoms with Crippen LogP contribution < -0.4 is 24.0 Å². The van der Waals surface area contributed by atoms with E-state index in [9.17, 15) is 0 Å². The fourth-order valence-corrected chi connectivity index (χ4v) is 3.28. The summed E-state index contributed by atoms with van der Waals surface area (Å²) in [6, 6.07) is 0. The molecule has 0 aromatic carbocycles. The van der Waals surface area contributed by atoms with Crippen LogP contribution in [0, 0.1) is 0 Å². The van der Waals surface area contributed by atoms with E-state index in [2.05, 4.69) is 20.8 Å². The van der Waals surface area contributed by atoms with Crippen molar-refractivity contribution >= 4 is 11.6 Å². The van der Waals surface area contributed by atoms with Gasteiger partial charge in [0.25, 0.3) is 0 Å². The lowest BCUT2D eigenvalue weighted by molar-refractivity contribution is -0.928. The molecular weight excluding hydrogens is 393 g/mol. The van der Waals surface area contributed by atoms with Crippen LogP contribution in [-0.4, -0.2) is 36.5 Å². The van der Waals surface area contributed by atoms with Crippen LogP contribution in [0.4, 0.5) is 0 Å². The topological polar surface area (TPSA) is 0 Å². The summed E-state index contributed by atoms with van der Waals surface area (Å²) in [4.78, 5) is 0. The Bertz CT molecular complexity index is 173. The van der Waals surface area contributed by atoms with Gasteiger partial charge in [-0.15, -0.1) is 11.6 Å². The highest BCUT2D eigenvalue weighted by Crippen LogP contribution is 2.17. The first-order valence-electron chi connectivity index (χ1n) is 9.15. The highest BCUT2D eigenvalue weighted by molar-refractivity contribution is 6.17. The van der Waals surface area contributed by atoms with Crippen molar-refractivity contribution in [1.29, 1.82) is 0 Å². The zero-order valence-corrected chi connectivity index (χ0v) is 17.7. The number of quaternary nitrogens is 1. The van der Waals surface area contributed by atoms with Crippen LogP contribution in [0.25, 0.3) is 0 Å². The van der Waals surface area contributed by atoms with E-state index in [1.54, 1.807) is 0 Å². The molecule has 0 rings (SSSR count). The number of halogens is 2. The largest absolute Gasteiger partial charge is 1.00 e. The molecule has 0 heterocycles. The van der Waals surface area contributed by atoms with Crippen molar-refractivity contribution in [3.63, 3.8) is 0 Å². The Balaban J connectivity index is 0. The van der Waals surface area contributed by atoms with Gasteiger partial charge in [-0.1, -0.05) is 40.0 Å². The third-order valence-corrected chi connectivity index (χ3v) is 4.74. The van der Waals surface area contributed by atoms with E-state index < -0.39 is 0 Å². The van der Waals surface area contributed by atoms with Crippen LogP contribution in [0.1, 0.15) is 85.0 Å². The van der Waals surface area contributed by atoms with Crippen LogP contribution in [0.3, 0.4) is 0 Å². The minimum absolute atomic E-state index is 0. The summed E-state index contributed by atoms with van der Waals surface area (Å²) >= 11 is 5.98. The minimum atomic E-state index is 0. The second-order valence-corrected chi connectivity index (χ2v) is 6.78. The molecule has 0 fully saturated rings. The van der Waals surface area contributed by atoms with Gasteiger partial charge >= 0.3 is 0 Å². The van der Waals surface area contributed by atoms with Crippen LogP contribution in [0.2, 0.25) is 0 Å². The maximum absolute atomic E-state index is 5.98. The van der Waals surface area contributed by atoms with E-state index >= 15 is 0 Å². The van der Waals surface area contributed by atoms with E-state index in [-0.39, 0.29) is 24.0 Å². The van der Waals surface area contributed by atoms with E-state index in [1.165, 1.54) is 94.9 Å². The number of unbranched alkanes of at least 4 members (excludes halogenated alkanes) is 6. The molecule has 0 saturated carbocycles. The van der Waals surface area contributed by atoms with Gasteiger partial charge in [0, 0.05) is 12.3 Å². The van der Waals surface area contributed by atoms with Crippen molar-refractivity contribution in [2.24, 2.45) is 0 Å². The average Bonchev–Trinajstić information content (AvgIpc) is 2.46. The predicted molar refractivity (Wildman–Crippen MR) is 93.6 cm³/mol. The zero-order chi connectivity index (χ0) is 15.1. The molecule has 0 aliphatic carbocycles. The van der Waals surface area contributed by atoms with Gasteiger partial charge in [0.1, 0.15) is 0 Å². The van der Waals surface area contributed by atoms with Crippen LogP contribution in [-0.2, 0) is 0 Å². The second kappa shape index (κ2) is 17.3. The Kier molecular flexibility index (Phi) is 20.0. The Hall–Kier alpha value is 0.980. The first-order valence-corrected chi connectivity index (χ1v) is 9.69. The average molecular weight is 432 g/mol. The monoisotopic (exact) mass is 431 g/mol. The Morgan fingerprint density at radius 2 is 0.905 bits per heavy atom. The van der Waals surface area contributed by atoms with Crippen molar-refractivity contribution < 1.29 is 28.5 Å². The number of hydrogen-bond donors (Lipinski definition) is 0. The zero-order valence-electron chi connectivity index (χ0n) is 14.8. The van der Waals surface area contributed by atoms with Gasteiger partial charge in [0.05, 0.1) is 26.2 Å². The van der Waals surface area contributed by atoms with Gasteiger partial charge in [0.15, 0.2) is 0 Å². The van der Waals surface area contributed by atoms with Gasteiger partial charge in [-0.3, -0.25) is 0 Å². The van der Waals surface area contributed by atoms with E-state index in [1.807, 2.05) is 0 Å². The SMILES string of the molecule is CCCCC[N+](CCCCl)(CCCCC)CCCCC.[I-]. The smallest absolute Gasteiger partial charge is 0.0798 e. The summed E-state index contributed by atoms with van der Waals surface area (Å²) in [5.41, 5.74) is 0. The Morgan fingerprint density at radius 3 is 1.19 bits per heavy atom. The van der Waals surface area contributed by atoms with Crippen molar-refractivity contribution in [2.75, 3.05) is 32.1 Å². The highest BCUT2D eigenvalue weighted by atomic mass is 127. The second-order valence-electron chi connectivity index (χ2n) is 6.40. The van der Waals surface area contributed by atoms with Crippen LogP contribution >= 0.6 is 11.6 Å². The standard InChI is InChI=1S/C18H39ClN.HI/c1-4-7-10-15-20(18-13-14-19,16-11-8-5-2)17-12-9-6-3;/h4-18H2,1-3H3;1H/q+1;/p-1. The van der Waals surface area contributed by atoms with Crippen LogP contribution in [0.5, 0.6) is 0 Å². The van der Waals surface area contributed by atoms with Gasteiger partial charge in [-0.05, 0) is 38.5 Å². The molecule has 130 valence electrons. The number of nitrogens with zero attached hydrogens (tertiary/aromatic N) is 1. The molecule has 21 heavy (non-hydrogen) atoms. The molecule has 0 N–H and O–H groups in total. The van der Waals surface area contributed by atoms with E-state index in [4.69, 9.17) is 11.6 Å². The molecule has 0 aliphatic heterocycles. The lowest BCUT2D eigenvalue weighted by atomic mass is 10.1. The lowest BCUT2D eigenvalue weighted by Crippen LogP contribution is -3.00. The normalized spacial score (nSPS) is 11.4. The van der Waals surface area contributed by atoms with Crippen molar-refractivity contribution in [3.05, 3.63) is 0 Å². The molecule has 0 radical (unpaired) electrons. The fraction of sp³-hybridized carbons (Fsp3) is 1.00. The first kappa shape index (κ1) is 24.2. The van der Waals surface area contributed by atoms with Crippen molar-refractivity contribution in [2.45, 2.75) is 85.0 Å². The Morgan fingerprint density at radius 1 is 0.571 bits per heavy atom. The summed E-state index contributed by atoms with van der Waals surface area (Å²) in [5.74, 6) is 0.829. The maximum Gasteiger partial charge on any atom is 0.0798 e. The molecule has 0 aliphatic rings. The van der Waals surface area contributed by atoms with Gasteiger partial charge < -0.3 is 28.5 Å². The first-order chi connectivity index (χ1) is 9.74. The number of rotatable bonds is 15. The maximum atomic E-state index is 5.98. The summed E-state index contributed by atoms with van der Waals surface area (Å²) in [6.07, 6.45) is 13.6. The van der Waals surface area contributed by atoms with Gasteiger partial charge in [-0.2, -0.15) is 0 Å². The third kappa shape index (κ3) is 13.1. The summed E-state index contributed by atoms with van der Waals surface area (Å²) in [6.45, 7) is 12.4. The number of hydrogen-bond acceptors (Lipinski definition) is 0. The summed E-state index contributed by atoms with van der Waals surface area (Å²) in [5, 5.41) is 0. The minimum Gasteiger partial charge on any atom is -1.00 e. The molecule has 0 saturated heterocycles. The van der Waals surface area contributed by atoms with E-state index in [0.717, 1.165) is 5.88 Å². The fourth-order valence-electron chi connectivity index (χ4n) is 3.16. The molecule has 0 atom stereocenters. The molecule has 0 aromatic heterocycles. The van der Waals surface area contributed by atoms with E-state index in [0.29, 0.717) is 0 Å². The van der Waals surface area contributed by atoms with Gasteiger partial charge in [0.2, 0.25) is 0 Å². The molecule has 0 aromatic rings. The lowest BCUT2D eigenvalue weighted by Gasteiger charge is -2.39. The number of alkyl halides is 1. The summed E-state index contributed by atoms with van der Waals surface area (Å²) in [7, 11) is 0. The van der Waals surface area contributed by atoms with Crippen molar-refractivity contribution in [1.82, 2.24) is 0 Å². The van der Waals surface area contributed by atoms with Gasteiger partial charge in [-0.25, -0.2) is 0 Å². The third-order valence-electron chi connectivity index (χ3n) is 4.47. The molecule has 0 spiro atoms.